The van der Waals surface area contributed by atoms with E-state index in [0.717, 1.165) is 9.88 Å². The second-order valence-corrected chi connectivity index (χ2v) is 5.41. The van der Waals surface area contributed by atoms with E-state index in [4.69, 9.17) is 10.8 Å². The van der Waals surface area contributed by atoms with Crippen molar-refractivity contribution in [2.45, 2.75) is 32.4 Å². The average Bonchev–Trinajstić information content (AvgIpc) is 2.77. The Morgan fingerprint density at radius 1 is 1.50 bits per heavy atom. The summed E-state index contributed by atoms with van der Waals surface area (Å²) >= 11 is 1.44. The quantitative estimate of drug-likeness (QED) is 0.561. The van der Waals surface area contributed by atoms with Crippen molar-refractivity contribution in [1.82, 2.24) is 15.6 Å². The van der Waals surface area contributed by atoms with Crippen LogP contribution in [0.4, 0.5) is 4.79 Å². The highest BCUT2D eigenvalue weighted by atomic mass is 32.1. The van der Waals surface area contributed by atoms with Crippen molar-refractivity contribution in [2.24, 2.45) is 5.73 Å². The first-order valence-corrected chi connectivity index (χ1v) is 6.67. The lowest BCUT2D eigenvalue weighted by atomic mass is 10.1. The Kier molecular flexibility index (Phi) is 5.91. The summed E-state index contributed by atoms with van der Waals surface area (Å²) in [5.41, 5.74) is 4.94. The van der Waals surface area contributed by atoms with Gasteiger partial charge in [0.1, 0.15) is 11.0 Å². The molecule has 9 heteroatoms. The highest BCUT2D eigenvalue weighted by Gasteiger charge is 2.20. The standard InChI is InChI=1S/C11H16N4O4S/c1-6-4-13-9(20-6)5-14-11(19)15-7(10(17)18)2-3-8(12)16/h4,7H,2-3,5H2,1H3,(H2,12,16)(H,17,18)(H2,14,15,19)/t7-/m0/s1. The molecule has 0 aliphatic carbocycles. The third kappa shape index (κ3) is 5.65. The van der Waals surface area contributed by atoms with Gasteiger partial charge in [0.25, 0.3) is 0 Å². The Balaban J connectivity index is 2.41. The largest absolute Gasteiger partial charge is 0.480 e. The first kappa shape index (κ1) is 15.9. The molecule has 0 spiro atoms. The van der Waals surface area contributed by atoms with Crippen LogP contribution in [0.2, 0.25) is 0 Å². The third-order valence-electron chi connectivity index (χ3n) is 2.35. The number of thiazole rings is 1. The summed E-state index contributed by atoms with van der Waals surface area (Å²) in [5, 5.41) is 14.4. The molecule has 0 aliphatic heterocycles. The Labute approximate surface area is 119 Å². The SMILES string of the molecule is Cc1cnc(CNC(=O)N[C@@H](CCC(N)=O)C(=O)O)s1. The predicted octanol–water partition coefficient (Wildman–Crippen LogP) is -0.0306. The van der Waals surface area contributed by atoms with Crippen molar-refractivity contribution < 1.29 is 19.5 Å². The summed E-state index contributed by atoms with van der Waals surface area (Å²) in [6.45, 7) is 2.11. The Morgan fingerprint density at radius 3 is 2.70 bits per heavy atom. The fourth-order valence-electron chi connectivity index (χ4n) is 1.39. The minimum absolute atomic E-state index is 0.0472. The molecule has 0 fully saturated rings. The zero-order valence-corrected chi connectivity index (χ0v) is 11.7. The molecule has 0 saturated heterocycles. The number of carboxylic acid groups (broad SMARTS) is 1. The zero-order chi connectivity index (χ0) is 15.1. The number of urea groups is 1. The number of carboxylic acids is 1. The van der Waals surface area contributed by atoms with Crippen molar-refractivity contribution in [1.29, 1.82) is 0 Å². The molecule has 5 N–H and O–H groups in total. The van der Waals surface area contributed by atoms with Gasteiger partial charge in [0.2, 0.25) is 5.91 Å². The van der Waals surface area contributed by atoms with Gasteiger partial charge in [-0.25, -0.2) is 14.6 Å². The van der Waals surface area contributed by atoms with E-state index < -0.39 is 23.9 Å². The molecule has 0 saturated carbocycles. The first-order valence-electron chi connectivity index (χ1n) is 5.85. The summed E-state index contributed by atoms with van der Waals surface area (Å²) in [5.74, 6) is -1.83. The minimum atomic E-state index is -1.22. The van der Waals surface area contributed by atoms with Crippen molar-refractivity contribution >= 4 is 29.2 Å². The smallest absolute Gasteiger partial charge is 0.326 e. The average molecular weight is 300 g/mol. The van der Waals surface area contributed by atoms with Gasteiger partial charge in [0.15, 0.2) is 0 Å². The van der Waals surface area contributed by atoms with E-state index in [1.807, 2.05) is 6.92 Å². The maximum absolute atomic E-state index is 11.6. The van der Waals surface area contributed by atoms with E-state index >= 15 is 0 Å². The van der Waals surface area contributed by atoms with E-state index in [2.05, 4.69) is 15.6 Å². The van der Waals surface area contributed by atoms with Crippen LogP contribution < -0.4 is 16.4 Å². The molecule has 20 heavy (non-hydrogen) atoms. The fraction of sp³-hybridized carbons (Fsp3) is 0.455. The highest BCUT2D eigenvalue weighted by Crippen LogP contribution is 2.10. The number of amides is 3. The lowest BCUT2D eigenvalue weighted by Crippen LogP contribution is -2.46. The van der Waals surface area contributed by atoms with Crippen LogP contribution in [0, 0.1) is 6.92 Å². The number of aryl methyl sites for hydroxylation is 1. The summed E-state index contributed by atoms with van der Waals surface area (Å²) < 4.78 is 0. The van der Waals surface area contributed by atoms with Crippen LogP contribution >= 0.6 is 11.3 Å². The highest BCUT2D eigenvalue weighted by molar-refractivity contribution is 7.11. The van der Waals surface area contributed by atoms with E-state index in [9.17, 15) is 14.4 Å². The molecule has 0 bridgehead atoms. The molecule has 0 unspecified atom stereocenters. The molecule has 8 nitrogen and oxygen atoms in total. The first-order chi connectivity index (χ1) is 9.38. The predicted molar refractivity (Wildman–Crippen MR) is 72.1 cm³/mol. The van der Waals surface area contributed by atoms with Crippen LogP contribution in [-0.2, 0) is 16.1 Å². The number of rotatable bonds is 7. The molecule has 110 valence electrons. The van der Waals surface area contributed by atoms with Gasteiger partial charge in [-0.05, 0) is 13.3 Å². The van der Waals surface area contributed by atoms with E-state index in [-0.39, 0.29) is 19.4 Å². The molecule has 3 amide bonds. The van der Waals surface area contributed by atoms with Gasteiger partial charge in [-0.15, -0.1) is 11.3 Å². The van der Waals surface area contributed by atoms with Crippen LogP contribution in [0.1, 0.15) is 22.7 Å². The number of primary amides is 1. The molecule has 1 aromatic heterocycles. The van der Waals surface area contributed by atoms with Crippen LogP contribution in [-0.4, -0.2) is 34.0 Å². The maximum Gasteiger partial charge on any atom is 0.326 e. The second kappa shape index (κ2) is 7.43. The number of nitrogens with one attached hydrogen (secondary N) is 2. The number of nitrogens with zero attached hydrogens (tertiary/aromatic N) is 1. The van der Waals surface area contributed by atoms with Crippen LogP contribution in [0.15, 0.2) is 6.20 Å². The molecular weight excluding hydrogens is 284 g/mol. The fourth-order valence-corrected chi connectivity index (χ4v) is 2.12. The van der Waals surface area contributed by atoms with Crippen molar-refractivity contribution in [2.75, 3.05) is 0 Å². The van der Waals surface area contributed by atoms with Gasteiger partial charge in [0.05, 0.1) is 6.54 Å². The number of hydrogen-bond donors (Lipinski definition) is 4. The van der Waals surface area contributed by atoms with E-state index in [1.54, 1.807) is 6.20 Å². The number of hydrogen-bond acceptors (Lipinski definition) is 5. The van der Waals surface area contributed by atoms with Crippen LogP contribution in [0.5, 0.6) is 0 Å². The summed E-state index contributed by atoms with van der Waals surface area (Å²) in [7, 11) is 0. The molecule has 0 radical (unpaired) electrons. The van der Waals surface area contributed by atoms with Gasteiger partial charge in [-0.3, -0.25) is 4.79 Å². The Bertz CT molecular complexity index is 502. The third-order valence-corrected chi connectivity index (χ3v) is 3.26. The van der Waals surface area contributed by atoms with Crippen molar-refractivity contribution in [3.63, 3.8) is 0 Å². The topological polar surface area (TPSA) is 134 Å². The van der Waals surface area contributed by atoms with Gasteiger partial charge < -0.3 is 21.5 Å². The molecule has 0 aliphatic rings. The summed E-state index contributed by atoms with van der Waals surface area (Å²) in [6, 6.07) is -1.78. The second-order valence-electron chi connectivity index (χ2n) is 4.09. The van der Waals surface area contributed by atoms with Gasteiger partial charge in [-0.1, -0.05) is 0 Å². The molecule has 1 aromatic rings. The molecule has 1 heterocycles. The normalized spacial score (nSPS) is 11.7. The maximum atomic E-state index is 11.6. The van der Waals surface area contributed by atoms with Crippen LogP contribution in [0.25, 0.3) is 0 Å². The minimum Gasteiger partial charge on any atom is -0.480 e. The molecular formula is C11H16N4O4S. The Hall–Kier alpha value is -2.16. The molecule has 0 aromatic carbocycles. The van der Waals surface area contributed by atoms with Gasteiger partial charge >= 0.3 is 12.0 Å². The summed E-state index contributed by atoms with van der Waals surface area (Å²) in [6.07, 6.45) is 1.53. The zero-order valence-electron chi connectivity index (χ0n) is 10.9. The number of carbonyl (C=O) groups is 3. The number of carbonyl (C=O) groups excluding carboxylic acids is 2. The van der Waals surface area contributed by atoms with Crippen molar-refractivity contribution in [3.8, 4) is 0 Å². The van der Waals surface area contributed by atoms with E-state index in [0.29, 0.717) is 0 Å². The van der Waals surface area contributed by atoms with Crippen molar-refractivity contribution in [3.05, 3.63) is 16.1 Å². The molecule has 1 rings (SSSR count). The lowest BCUT2D eigenvalue weighted by molar-refractivity contribution is -0.139. The lowest BCUT2D eigenvalue weighted by Gasteiger charge is -2.13. The molecule has 1 atom stereocenters. The van der Waals surface area contributed by atoms with Gasteiger partial charge in [0, 0.05) is 17.5 Å². The van der Waals surface area contributed by atoms with Crippen LogP contribution in [0.3, 0.4) is 0 Å². The number of aliphatic carboxylic acids is 1. The number of nitrogens with two attached hydrogens (primary N) is 1. The Morgan fingerprint density at radius 2 is 2.20 bits per heavy atom. The summed E-state index contributed by atoms with van der Waals surface area (Å²) in [4.78, 5) is 38.2. The number of aromatic nitrogens is 1. The van der Waals surface area contributed by atoms with Gasteiger partial charge in [-0.2, -0.15) is 0 Å². The monoisotopic (exact) mass is 300 g/mol. The van der Waals surface area contributed by atoms with E-state index in [1.165, 1.54) is 11.3 Å².